The second kappa shape index (κ2) is 13.6. The van der Waals surface area contributed by atoms with E-state index in [0.717, 1.165) is 49.2 Å². The second-order valence-electron chi connectivity index (χ2n) is 10.5. The van der Waals surface area contributed by atoms with Crippen molar-refractivity contribution in [1.82, 2.24) is 20.1 Å². The molecule has 2 heterocycles. The molecule has 4 rings (SSSR count). The Morgan fingerprint density at radius 2 is 1.77 bits per heavy atom. The Labute approximate surface area is 241 Å². The summed E-state index contributed by atoms with van der Waals surface area (Å²) >= 11 is 6.01. The van der Waals surface area contributed by atoms with E-state index < -0.39 is 0 Å². The lowest BCUT2D eigenvalue weighted by Crippen LogP contribution is -2.50. The fraction of sp³-hybridized carbons (Fsp3) is 0.387. The molecule has 8 nitrogen and oxygen atoms in total. The van der Waals surface area contributed by atoms with Gasteiger partial charge in [-0.1, -0.05) is 41.9 Å². The van der Waals surface area contributed by atoms with Crippen LogP contribution in [0.25, 0.3) is 0 Å². The number of carbonyl (C=O) groups excluding carboxylic acids is 2. The van der Waals surface area contributed by atoms with Gasteiger partial charge in [0.25, 0.3) is 5.91 Å². The van der Waals surface area contributed by atoms with E-state index in [-0.39, 0.29) is 18.0 Å². The van der Waals surface area contributed by atoms with E-state index in [1.807, 2.05) is 42.2 Å². The number of hydrogen-bond donors (Lipinski definition) is 3. The van der Waals surface area contributed by atoms with Gasteiger partial charge in [0.05, 0.1) is 11.3 Å². The number of urea groups is 1. The fourth-order valence-corrected chi connectivity index (χ4v) is 5.63. The summed E-state index contributed by atoms with van der Waals surface area (Å²) < 4.78 is 0. The molecule has 0 aliphatic carbocycles. The predicted octanol–water partition coefficient (Wildman–Crippen LogP) is 5.64. The van der Waals surface area contributed by atoms with Gasteiger partial charge in [-0.3, -0.25) is 4.79 Å². The molecular weight excluding hydrogens is 524 g/mol. The number of pyridine rings is 1. The van der Waals surface area contributed by atoms with Crippen LogP contribution in [0, 0.1) is 13.8 Å². The number of nitrogens with zero attached hydrogens (tertiary/aromatic N) is 3. The number of nitrogens with one attached hydrogen (secondary N) is 2. The Balaban J connectivity index is 1.31. The third-order valence-corrected chi connectivity index (χ3v) is 7.82. The maximum Gasteiger partial charge on any atom is 0.322 e. The summed E-state index contributed by atoms with van der Waals surface area (Å²) in [5.41, 5.74) is 10.3. The highest BCUT2D eigenvalue weighted by atomic mass is 35.5. The first-order valence-corrected chi connectivity index (χ1v) is 14.2. The number of aromatic nitrogens is 1. The van der Waals surface area contributed by atoms with Crippen molar-refractivity contribution in [3.8, 4) is 0 Å². The van der Waals surface area contributed by atoms with Crippen LogP contribution in [0.5, 0.6) is 0 Å². The molecule has 212 valence electrons. The van der Waals surface area contributed by atoms with Crippen molar-refractivity contribution in [2.45, 2.75) is 58.7 Å². The minimum absolute atomic E-state index is 0.106. The number of rotatable bonds is 9. The summed E-state index contributed by atoms with van der Waals surface area (Å²) in [6, 6.07) is 19.3. The predicted molar refractivity (Wildman–Crippen MR) is 162 cm³/mol. The Morgan fingerprint density at radius 1 is 1.10 bits per heavy atom. The average Bonchev–Trinajstić information content (AvgIpc) is 2.93. The van der Waals surface area contributed by atoms with Crippen LogP contribution in [-0.4, -0.2) is 58.4 Å². The van der Waals surface area contributed by atoms with Crippen molar-refractivity contribution in [2.24, 2.45) is 0 Å². The number of benzene rings is 2. The van der Waals surface area contributed by atoms with Crippen LogP contribution < -0.4 is 16.4 Å². The summed E-state index contributed by atoms with van der Waals surface area (Å²) in [6.45, 7) is 8.77. The van der Waals surface area contributed by atoms with Crippen molar-refractivity contribution in [1.29, 1.82) is 0 Å². The molecular formula is C31H39ClN6O2. The number of piperidine rings is 1. The van der Waals surface area contributed by atoms with Gasteiger partial charge in [-0.05, 0) is 81.5 Å². The molecule has 1 aliphatic rings. The third-order valence-electron chi connectivity index (χ3n) is 7.62. The minimum Gasteiger partial charge on any atom is -0.399 e. The number of nitrogen functional groups attached to an aromatic ring is 1. The standard InChI is InChI=1S/C31H39ClN6O2/c1-21-19-28(32)35-23(3)29(21)30(39)34-16-13-22(2)37-17-14-27(15-18-37)38(20-24-7-5-4-6-8-24)31(40)36-26-11-9-25(33)10-12-26/h4-12,19,22,27H,13-18,20,33H2,1-3H3,(H,34,39)(H,36,40)/t22-/m1/s1. The minimum atomic E-state index is -0.117. The molecule has 0 radical (unpaired) electrons. The topological polar surface area (TPSA) is 104 Å². The maximum absolute atomic E-state index is 13.4. The van der Waals surface area contributed by atoms with E-state index in [4.69, 9.17) is 17.3 Å². The zero-order valence-corrected chi connectivity index (χ0v) is 24.2. The summed E-state index contributed by atoms with van der Waals surface area (Å²) in [6.07, 6.45) is 2.60. The highest BCUT2D eigenvalue weighted by molar-refractivity contribution is 6.29. The molecule has 1 fully saturated rings. The Morgan fingerprint density at radius 3 is 2.42 bits per heavy atom. The van der Waals surface area contributed by atoms with Crippen LogP contribution in [0.4, 0.5) is 16.2 Å². The normalized spacial score (nSPS) is 14.9. The number of likely N-dealkylation sites (tertiary alicyclic amines) is 1. The molecule has 0 saturated carbocycles. The number of anilines is 2. The van der Waals surface area contributed by atoms with Crippen LogP contribution in [-0.2, 0) is 6.54 Å². The van der Waals surface area contributed by atoms with Crippen molar-refractivity contribution in [3.63, 3.8) is 0 Å². The molecule has 1 saturated heterocycles. The highest BCUT2D eigenvalue weighted by Gasteiger charge is 2.30. The van der Waals surface area contributed by atoms with Gasteiger partial charge >= 0.3 is 6.03 Å². The zero-order valence-electron chi connectivity index (χ0n) is 23.5. The van der Waals surface area contributed by atoms with E-state index in [2.05, 4.69) is 39.6 Å². The second-order valence-corrected chi connectivity index (χ2v) is 10.9. The van der Waals surface area contributed by atoms with Crippen LogP contribution in [0.1, 0.15) is 53.4 Å². The first-order chi connectivity index (χ1) is 19.2. The molecule has 3 amide bonds. The fourth-order valence-electron chi connectivity index (χ4n) is 5.34. The maximum atomic E-state index is 13.4. The third kappa shape index (κ3) is 7.73. The lowest BCUT2D eigenvalue weighted by molar-refractivity contribution is 0.0918. The van der Waals surface area contributed by atoms with Gasteiger partial charge in [-0.25, -0.2) is 9.78 Å². The van der Waals surface area contributed by atoms with Gasteiger partial charge in [-0.2, -0.15) is 0 Å². The lowest BCUT2D eigenvalue weighted by Gasteiger charge is -2.40. The number of aryl methyl sites for hydroxylation is 2. The highest BCUT2D eigenvalue weighted by Crippen LogP contribution is 2.23. The van der Waals surface area contributed by atoms with Crippen LogP contribution in [0.15, 0.2) is 60.7 Å². The smallest absolute Gasteiger partial charge is 0.322 e. The van der Waals surface area contributed by atoms with E-state index in [1.165, 1.54) is 0 Å². The van der Waals surface area contributed by atoms with Crippen LogP contribution in [0.3, 0.4) is 0 Å². The van der Waals surface area contributed by atoms with Crippen molar-refractivity contribution in [3.05, 3.63) is 88.2 Å². The number of hydrogen-bond acceptors (Lipinski definition) is 5. The van der Waals surface area contributed by atoms with Crippen molar-refractivity contribution in [2.75, 3.05) is 30.7 Å². The van der Waals surface area contributed by atoms with Crippen LogP contribution in [0.2, 0.25) is 5.15 Å². The summed E-state index contributed by atoms with van der Waals surface area (Å²) in [7, 11) is 0. The van der Waals surface area contributed by atoms with Crippen LogP contribution >= 0.6 is 11.6 Å². The molecule has 40 heavy (non-hydrogen) atoms. The largest absolute Gasteiger partial charge is 0.399 e. The van der Waals surface area contributed by atoms with E-state index in [9.17, 15) is 9.59 Å². The molecule has 1 aromatic heterocycles. The molecule has 1 aliphatic heterocycles. The summed E-state index contributed by atoms with van der Waals surface area (Å²) in [5, 5.41) is 6.49. The monoisotopic (exact) mass is 562 g/mol. The summed E-state index contributed by atoms with van der Waals surface area (Å²) in [5.74, 6) is -0.117. The van der Waals surface area contributed by atoms with Gasteiger partial charge in [-0.15, -0.1) is 0 Å². The van der Waals surface area contributed by atoms with E-state index >= 15 is 0 Å². The van der Waals surface area contributed by atoms with Gasteiger partial charge in [0, 0.05) is 49.6 Å². The molecule has 0 spiro atoms. The molecule has 1 atom stereocenters. The molecule has 2 aromatic carbocycles. The van der Waals surface area contributed by atoms with E-state index in [0.29, 0.717) is 41.2 Å². The van der Waals surface area contributed by atoms with Gasteiger partial charge in [0.2, 0.25) is 0 Å². The number of nitrogens with two attached hydrogens (primary N) is 1. The Hall–Kier alpha value is -3.62. The number of carbonyl (C=O) groups is 2. The number of amides is 3. The van der Waals surface area contributed by atoms with Gasteiger partial charge < -0.3 is 26.2 Å². The van der Waals surface area contributed by atoms with Crippen molar-refractivity contribution < 1.29 is 9.59 Å². The quantitative estimate of drug-likeness (QED) is 0.231. The Kier molecular flexibility index (Phi) is 10.0. The number of halogens is 1. The van der Waals surface area contributed by atoms with Crippen molar-refractivity contribution >= 4 is 34.9 Å². The SMILES string of the molecule is Cc1cc(Cl)nc(C)c1C(=O)NCC[C@@H](C)N1CCC(N(Cc2ccccc2)C(=O)Nc2ccc(N)cc2)CC1. The lowest BCUT2D eigenvalue weighted by atomic mass is 10.00. The molecule has 3 aromatic rings. The Bertz CT molecular complexity index is 1270. The molecule has 9 heteroatoms. The van der Waals surface area contributed by atoms with E-state index in [1.54, 1.807) is 25.1 Å². The average molecular weight is 563 g/mol. The molecule has 0 unspecified atom stereocenters. The first kappa shape index (κ1) is 29.4. The summed E-state index contributed by atoms with van der Waals surface area (Å²) in [4.78, 5) is 34.8. The molecule has 4 N–H and O–H groups in total. The molecule has 0 bridgehead atoms. The zero-order chi connectivity index (χ0) is 28.6. The van der Waals surface area contributed by atoms with Gasteiger partial charge in [0.1, 0.15) is 5.15 Å². The van der Waals surface area contributed by atoms with Gasteiger partial charge in [0.15, 0.2) is 0 Å². The first-order valence-electron chi connectivity index (χ1n) is 13.8.